The average Bonchev–Trinajstić information content (AvgIpc) is 2.92. The molecule has 1 atom stereocenters. The van der Waals surface area contributed by atoms with Gasteiger partial charge in [0.25, 0.3) is 5.91 Å². The Morgan fingerprint density at radius 2 is 2.18 bits per heavy atom. The Morgan fingerprint density at radius 1 is 1.41 bits per heavy atom. The molecule has 0 aromatic carbocycles. The van der Waals surface area contributed by atoms with Crippen LogP contribution in [0.4, 0.5) is 4.79 Å². The smallest absolute Gasteiger partial charge is 0.410 e. The third kappa shape index (κ3) is 4.41. The lowest BCUT2D eigenvalue weighted by Gasteiger charge is -2.28. The first-order valence-corrected chi connectivity index (χ1v) is 7.40. The number of aromatic nitrogens is 2. The lowest BCUT2D eigenvalue weighted by atomic mass is 10.2. The summed E-state index contributed by atoms with van der Waals surface area (Å²) in [6.45, 7) is 6.55. The molecule has 2 heterocycles. The van der Waals surface area contributed by atoms with Crippen LogP contribution in [0, 0.1) is 0 Å². The van der Waals surface area contributed by atoms with Gasteiger partial charge in [-0.2, -0.15) is 0 Å². The van der Waals surface area contributed by atoms with Gasteiger partial charge in [-0.05, 0) is 33.6 Å². The predicted octanol–water partition coefficient (Wildman–Crippen LogP) is 1.61. The van der Waals surface area contributed by atoms with Crippen LogP contribution >= 0.6 is 0 Å². The van der Waals surface area contributed by atoms with E-state index in [9.17, 15) is 9.59 Å². The molecule has 2 amide bonds. The maximum atomic E-state index is 12.2. The minimum atomic E-state index is -0.521. The van der Waals surface area contributed by atoms with Gasteiger partial charge in [-0.1, -0.05) is 0 Å². The fourth-order valence-corrected chi connectivity index (χ4v) is 2.33. The Hall–Kier alpha value is -2.18. The van der Waals surface area contributed by atoms with Crippen LogP contribution < -0.4 is 5.32 Å². The Bertz CT molecular complexity index is 527. The van der Waals surface area contributed by atoms with Crippen molar-refractivity contribution in [2.45, 2.75) is 45.3 Å². The molecular formula is C15H22N4O3. The topological polar surface area (TPSA) is 84.4 Å². The minimum Gasteiger partial charge on any atom is -0.444 e. The number of nitrogens with one attached hydrogen (secondary N) is 1. The van der Waals surface area contributed by atoms with E-state index in [0.717, 1.165) is 12.8 Å². The van der Waals surface area contributed by atoms with Crippen molar-refractivity contribution < 1.29 is 14.3 Å². The summed E-state index contributed by atoms with van der Waals surface area (Å²) in [5.41, 5.74) is -0.253. The van der Waals surface area contributed by atoms with Crippen LogP contribution in [0.2, 0.25) is 0 Å². The number of carbonyl (C=O) groups is 2. The first-order valence-electron chi connectivity index (χ1n) is 7.40. The normalized spacial score (nSPS) is 18.1. The minimum absolute atomic E-state index is 0.0459. The largest absolute Gasteiger partial charge is 0.444 e. The van der Waals surface area contributed by atoms with E-state index in [1.54, 1.807) is 4.90 Å². The highest BCUT2D eigenvalue weighted by molar-refractivity contribution is 5.91. The second-order valence-electron chi connectivity index (χ2n) is 6.27. The van der Waals surface area contributed by atoms with E-state index in [-0.39, 0.29) is 23.7 Å². The molecule has 1 unspecified atom stereocenters. The average molecular weight is 306 g/mol. The van der Waals surface area contributed by atoms with Crippen molar-refractivity contribution >= 4 is 12.0 Å². The van der Waals surface area contributed by atoms with Gasteiger partial charge in [0.1, 0.15) is 11.3 Å². The maximum Gasteiger partial charge on any atom is 0.410 e. The van der Waals surface area contributed by atoms with E-state index >= 15 is 0 Å². The number of hydrogen-bond acceptors (Lipinski definition) is 5. The van der Waals surface area contributed by atoms with Gasteiger partial charge < -0.3 is 15.0 Å². The quantitative estimate of drug-likeness (QED) is 0.917. The molecule has 22 heavy (non-hydrogen) atoms. The summed E-state index contributed by atoms with van der Waals surface area (Å²) < 4.78 is 5.40. The molecule has 0 saturated carbocycles. The van der Waals surface area contributed by atoms with E-state index in [0.29, 0.717) is 13.1 Å². The molecule has 1 N–H and O–H groups in total. The summed E-state index contributed by atoms with van der Waals surface area (Å²) in [6, 6.07) is -0.0459. The molecule has 7 heteroatoms. The van der Waals surface area contributed by atoms with Crippen molar-refractivity contribution in [2.24, 2.45) is 0 Å². The van der Waals surface area contributed by atoms with E-state index in [2.05, 4.69) is 15.3 Å². The molecular weight excluding hydrogens is 284 g/mol. The van der Waals surface area contributed by atoms with Gasteiger partial charge in [0.15, 0.2) is 0 Å². The molecule has 1 aliphatic rings. The van der Waals surface area contributed by atoms with Gasteiger partial charge in [-0.15, -0.1) is 0 Å². The number of nitrogens with zero attached hydrogens (tertiary/aromatic N) is 3. The second kappa shape index (κ2) is 6.72. The number of rotatable bonds is 3. The Balaban J connectivity index is 1.89. The van der Waals surface area contributed by atoms with E-state index in [1.807, 2.05) is 20.8 Å². The zero-order valence-electron chi connectivity index (χ0n) is 13.2. The predicted molar refractivity (Wildman–Crippen MR) is 80.3 cm³/mol. The van der Waals surface area contributed by atoms with Crippen LogP contribution in [-0.2, 0) is 4.74 Å². The standard InChI is InChI=1S/C15H22N4O3/c1-15(2,3)22-14(21)19-8-4-5-11(19)9-18-13(20)12-10-16-6-7-17-12/h6-7,10-11H,4-5,8-9H2,1-3H3,(H,18,20). The molecule has 0 aliphatic carbocycles. The van der Waals surface area contributed by atoms with Gasteiger partial charge in [0.05, 0.1) is 12.2 Å². The summed E-state index contributed by atoms with van der Waals surface area (Å²) in [4.78, 5) is 33.6. The Morgan fingerprint density at radius 3 is 2.82 bits per heavy atom. The van der Waals surface area contributed by atoms with Gasteiger partial charge >= 0.3 is 6.09 Å². The molecule has 1 aromatic rings. The van der Waals surface area contributed by atoms with Gasteiger partial charge in [0.2, 0.25) is 0 Å². The first kappa shape index (κ1) is 16.2. The molecule has 0 bridgehead atoms. The highest BCUT2D eigenvalue weighted by Crippen LogP contribution is 2.20. The Labute approximate surface area is 130 Å². The maximum absolute atomic E-state index is 12.2. The van der Waals surface area contributed by atoms with Gasteiger partial charge in [0, 0.05) is 25.5 Å². The van der Waals surface area contributed by atoms with Crippen molar-refractivity contribution in [2.75, 3.05) is 13.1 Å². The number of amides is 2. The third-order valence-electron chi connectivity index (χ3n) is 3.30. The molecule has 120 valence electrons. The van der Waals surface area contributed by atoms with Gasteiger partial charge in [-0.25, -0.2) is 9.78 Å². The van der Waals surface area contributed by atoms with Crippen molar-refractivity contribution in [3.05, 3.63) is 24.3 Å². The summed E-state index contributed by atoms with van der Waals surface area (Å²) in [7, 11) is 0. The second-order valence-corrected chi connectivity index (χ2v) is 6.27. The highest BCUT2D eigenvalue weighted by atomic mass is 16.6. The van der Waals surface area contributed by atoms with Crippen molar-refractivity contribution in [3.8, 4) is 0 Å². The zero-order chi connectivity index (χ0) is 16.2. The van der Waals surface area contributed by atoms with Crippen LogP contribution in [-0.4, -0.2) is 51.6 Å². The van der Waals surface area contributed by atoms with Crippen LogP contribution in [0.25, 0.3) is 0 Å². The van der Waals surface area contributed by atoms with Crippen molar-refractivity contribution in [3.63, 3.8) is 0 Å². The lowest BCUT2D eigenvalue weighted by molar-refractivity contribution is 0.0225. The fraction of sp³-hybridized carbons (Fsp3) is 0.600. The summed E-state index contributed by atoms with van der Waals surface area (Å²) in [5.74, 6) is -0.288. The van der Waals surface area contributed by atoms with Crippen LogP contribution in [0.15, 0.2) is 18.6 Å². The van der Waals surface area contributed by atoms with Crippen LogP contribution in [0.1, 0.15) is 44.1 Å². The first-order chi connectivity index (χ1) is 10.4. The summed E-state index contributed by atoms with van der Waals surface area (Å²) >= 11 is 0. The molecule has 2 rings (SSSR count). The highest BCUT2D eigenvalue weighted by Gasteiger charge is 2.32. The number of carbonyl (C=O) groups excluding carboxylic acids is 2. The molecule has 1 fully saturated rings. The van der Waals surface area contributed by atoms with Crippen LogP contribution in [0.3, 0.4) is 0 Å². The molecule has 0 spiro atoms. The summed E-state index contributed by atoms with van der Waals surface area (Å²) in [6.07, 6.45) is 5.82. The number of hydrogen-bond donors (Lipinski definition) is 1. The number of likely N-dealkylation sites (tertiary alicyclic amines) is 1. The number of ether oxygens (including phenoxy) is 1. The van der Waals surface area contributed by atoms with Crippen molar-refractivity contribution in [1.82, 2.24) is 20.2 Å². The van der Waals surface area contributed by atoms with Crippen molar-refractivity contribution in [1.29, 1.82) is 0 Å². The van der Waals surface area contributed by atoms with Crippen LogP contribution in [0.5, 0.6) is 0 Å². The summed E-state index contributed by atoms with van der Waals surface area (Å²) in [5, 5.41) is 2.80. The SMILES string of the molecule is CC(C)(C)OC(=O)N1CCCC1CNC(=O)c1cnccn1. The molecule has 1 aromatic heterocycles. The third-order valence-corrected chi connectivity index (χ3v) is 3.30. The van der Waals surface area contributed by atoms with E-state index in [4.69, 9.17) is 4.74 Å². The Kier molecular flexibility index (Phi) is 4.95. The van der Waals surface area contributed by atoms with E-state index in [1.165, 1.54) is 18.6 Å². The molecule has 1 saturated heterocycles. The lowest BCUT2D eigenvalue weighted by Crippen LogP contribution is -2.45. The monoisotopic (exact) mass is 306 g/mol. The van der Waals surface area contributed by atoms with Gasteiger partial charge in [-0.3, -0.25) is 9.78 Å². The molecule has 0 radical (unpaired) electrons. The fourth-order valence-electron chi connectivity index (χ4n) is 2.33. The van der Waals surface area contributed by atoms with E-state index < -0.39 is 5.60 Å². The molecule has 1 aliphatic heterocycles. The molecule has 7 nitrogen and oxygen atoms in total. The zero-order valence-corrected chi connectivity index (χ0v) is 13.2.